The van der Waals surface area contributed by atoms with Crippen molar-refractivity contribution >= 4 is 19.8 Å². The SMILES string of the molecule is CCC(=O)OP(=O)([O-])OC(=O)CC.[Li+]. The smallest absolute Gasteiger partial charge is 0.736 e. The average Bonchev–Trinajstić information content (AvgIpc) is 2.02. The first-order valence-corrected chi connectivity index (χ1v) is 5.13. The van der Waals surface area contributed by atoms with Crippen LogP contribution in [0.5, 0.6) is 0 Å². The van der Waals surface area contributed by atoms with E-state index in [4.69, 9.17) is 0 Å². The van der Waals surface area contributed by atoms with Gasteiger partial charge in [0.2, 0.25) is 0 Å². The van der Waals surface area contributed by atoms with Crippen LogP contribution < -0.4 is 23.8 Å². The van der Waals surface area contributed by atoms with Gasteiger partial charge < -0.3 is 13.9 Å². The molecule has 0 aliphatic carbocycles. The Kier molecular flexibility index (Phi) is 8.17. The van der Waals surface area contributed by atoms with Crippen LogP contribution in [0, 0.1) is 0 Å². The van der Waals surface area contributed by atoms with Crippen molar-refractivity contribution in [1.82, 2.24) is 0 Å². The van der Waals surface area contributed by atoms with Crippen LogP contribution in [-0.2, 0) is 23.2 Å². The van der Waals surface area contributed by atoms with E-state index in [0.29, 0.717) is 0 Å². The van der Waals surface area contributed by atoms with Crippen molar-refractivity contribution in [2.75, 3.05) is 0 Å². The Hall–Kier alpha value is -0.273. The van der Waals surface area contributed by atoms with Crippen LogP contribution in [0.1, 0.15) is 26.7 Å². The van der Waals surface area contributed by atoms with Gasteiger partial charge in [0.25, 0.3) is 0 Å². The molecule has 0 heterocycles. The van der Waals surface area contributed by atoms with Gasteiger partial charge in [-0.2, -0.15) is 0 Å². The number of phosphoric acid groups is 1. The fraction of sp³-hybridized carbons (Fsp3) is 0.667. The fourth-order valence-corrected chi connectivity index (χ4v) is 1.19. The summed E-state index contributed by atoms with van der Waals surface area (Å²) in [5.41, 5.74) is 0. The Labute approximate surface area is 93.8 Å². The van der Waals surface area contributed by atoms with E-state index in [1.807, 2.05) is 0 Å². The Morgan fingerprint density at radius 1 is 1.14 bits per heavy atom. The van der Waals surface area contributed by atoms with Gasteiger partial charge in [0.15, 0.2) is 0 Å². The molecule has 6 nitrogen and oxygen atoms in total. The van der Waals surface area contributed by atoms with E-state index in [9.17, 15) is 19.0 Å². The molecule has 0 amide bonds. The standard InChI is InChI=1S/C6H11O6P.Li/c1-3-5(7)11-13(9,10)12-6(8)4-2;/h3-4H2,1-2H3,(H,9,10);/q;+1/p-1. The van der Waals surface area contributed by atoms with Crippen LogP contribution >= 0.6 is 7.82 Å². The van der Waals surface area contributed by atoms with Crippen molar-refractivity contribution in [3.05, 3.63) is 0 Å². The number of hydrogen-bond acceptors (Lipinski definition) is 6. The quantitative estimate of drug-likeness (QED) is 0.377. The van der Waals surface area contributed by atoms with Crippen molar-refractivity contribution < 1.29 is 47.0 Å². The zero-order valence-corrected chi connectivity index (χ0v) is 9.21. The maximum atomic E-state index is 10.7. The third-order valence-corrected chi connectivity index (χ3v) is 1.86. The molecule has 0 aromatic heterocycles. The van der Waals surface area contributed by atoms with Crippen molar-refractivity contribution in [3.63, 3.8) is 0 Å². The predicted octanol–water partition coefficient (Wildman–Crippen LogP) is -2.63. The predicted molar refractivity (Wildman–Crippen MR) is 40.4 cm³/mol. The van der Waals surface area contributed by atoms with Gasteiger partial charge in [-0.1, -0.05) is 13.8 Å². The maximum absolute atomic E-state index is 10.7. The molecule has 8 heteroatoms. The van der Waals surface area contributed by atoms with Crippen LogP contribution in [0.4, 0.5) is 0 Å². The number of hydrogen-bond donors (Lipinski definition) is 0. The summed E-state index contributed by atoms with van der Waals surface area (Å²) in [6.07, 6.45) is -0.203. The molecule has 0 fully saturated rings. The Morgan fingerprint density at radius 2 is 1.43 bits per heavy atom. The van der Waals surface area contributed by atoms with E-state index < -0.39 is 19.8 Å². The third kappa shape index (κ3) is 7.16. The van der Waals surface area contributed by atoms with Gasteiger partial charge in [-0.3, -0.25) is 9.59 Å². The molecule has 0 aliphatic heterocycles. The molecule has 0 spiro atoms. The van der Waals surface area contributed by atoms with E-state index >= 15 is 0 Å². The van der Waals surface area contributed by atoms with Crippen molar-refractivity contribution in [1.29, 1.82) is 0 Å². The summed E-state index contributed by atoms with van der Waals surface area (Å²) in [6, 6.07) is 0. The second-order valence-corrected chi connectivity index (χ2v) is 3.34. The monoisotopic (exact) mass is 216 g/mol. The molecule has 0 atom stereocenters. The van der Waals surface area contributed by atoms with Crippen LogP contribution in [0.3, 0.4) is 0 Å². The van der Waals surface area contributed by atoms with Crippen LogP contribution in [0.25, 0.3) is 0 Å². The van der Waals surface area contributed by atoms with Crippen LogP contribution in [0.2, 0.25) is 0 Å². The fourth-order valence-electron chi connectivity index (χ4n) is 0.397. The molecule has 0 saturated heterocycles. The number of phosphoric ester groups is 1. The molecule has 0 unspecified atom stereocenters. The van der Waals surface area contributed by atoms with Gasteiger partial charge in [0.1, 0.15) is 0 Å². The maximum Gasteiger partial charge on any atom is 1.00 e. The molecule has 0 rings (SSSR count). The van der Waals surface area contributed by atoms with Crippen LogP contribution in [0.15, 0.2) is 0 Å². The molecule has 0 aliphatic rings. The van der Waals surface area contributed by atoms with Gasteiger partial charge >= 0.3 is 38.6 Å². The van der Waals surface area contributed by atoms with Gasteiger partial charge in [-0.15, -0.1) is 0 Å². The van der Waals surface area contributed by atoms with E-state index in [1.165, 1.54) is 13.8 Å². The molecule has 0 N–H and O–H groups in total. The van der Waals surface area contributed by atoms with E-state index in [-0.39, 0.29) is 31.7 Å². The molecule has 0 radical (unpaired) electrons. The van der Waals surface area contributed by atoms with Gasteiger partial charge in [-0.25, -0.2) is 4.57 Å². The number of carbonyl (C=O) groups is 2. The Balaban J connectivity index is 0. The minimum Gasteiger partial charge on any atom is -0.736 e. The average molecular weight is 216 g/mol. The first-order chi connectivity index (χ1) is 5.91. The van der Waals surface area contributed by atoms with Gasteiger partial charge in [-0.05, 0) is 0 Å². The molecular formula is C6H10LiO6P. The number of rotatable bonds is 4. The summed E-state index contributed by atoms with van der Waals surface area (Å²) in [5.74, 6) is -1.91. The largest absolute Gasteiger partial charge is 1.00 e. The van der Waals surface area contributed by atoms with Crippen LogP contribution in [-0.4, -0.2) is 11.9 Å². The Bertz CT molecular complexity index is 231. The molecule has 0 aromatic carbocycles. The third-order valence-electron chi connectivity index (χ3n) is 1.00. The van der Waals surface area contributed by atoms with Gasteiger partial charge in [0.05, 0.1) is 0 Å². The summed E-state index contributed by atoms with van der Waals surface area (Å²) < 4.78 is 18.5. The van der Waals surface area contributed by atoms with Gasteiger partial charge in [0, 0.05) is 12.8 Å². The molecule has 76 valence electrons. The van der Waals surface area contributed by atoms with Crippen molar-refractivity contribution in [3.8, 4) is 0 Å². The minimum absolute atomic E-state index is 0. The minimum atomic E-state index is -4.79. The first kappa shape index (κ1) is 16.2. The summed E-state index contributed by atoms with van der Waals surface area (Å²) in [7, 11) is -4.79. The molecule has 0 saturated carbocycles. The summed E-state index contributed by atoms with van der Waals surface area (Å²) in [6.45, 7) is 2.84. The van der Waals surface area contributed by atoms with Crippen molar-refractivity contribution in [2.45, 2.75) is 26.7 Å². The topological polar surface area (TPSA) is 92.7 Å². The second kappa shape index (κ2) is 7.08. The first-order valence-electron chi connectivity index (χ1n) is 3.67. The Morgan fingerprint density at radius 3 is 1.64 bits per heavy atom. The molecular weight excluding hydrogens is 206 g/mol. The molecule has 14 heavy (non-hydrogen) atoms. The summed E-state index contributed by atoms with van der Waals surface area (Å²) in [4.78, 5) is 31.7. The summed E-state index contributed by atoms with van der Waals surface area (Å²) >= 11 is 0. The van der Waals surface area contributed by atoms with E-state index in [1.54, 1.807) is 0 Å². The summed E-state index contributed by atoms with van der Waals surface area (Å²) in [5, 5.41) is 0. The normalized spacial score (nSPS) is 9.93. The molecule has 0 aromatic rings. The number of carbonyl (C=O) groups excluding carboxylic acids is 2. The second-order valence-electron chi connectivity index (χ2n) is 2.08. The zero-order valence-electron chi connectivity index (χ0n) is 8.31. The van der Waals surface area contributed by atoms with E-state index in [2.05, 4.69) is 9.05 Å². The zero-order chi connectivity index (χ0) is 10.5. The van der Waals surface area contributed by atoms with Crippen molar-refractivity contribution in [2.24, 2.45) is 0 Å². The van der Waals surface area contributed by atoms with E-state index in [0.717, 1.165) is 0 Å². The molecule has 0 bridgehead atoms.